The molecular formula is C18H19N3O2S. The number of hydrogen-bond donors (Lipinski definition) is 0. The summed E-state index contributed by atoms with van der Waals surface area (Å²) in [5.41, 5.74) is 1.08. The fourth-order valence-corrected chi connectivity index (χ4v) is 4.28. The van der Waals surface area contributed by atoms with Crippen LogP contribution in [0.15, 0.2) is 42.6 Å². The molecule has 6 heteroatoms. The van der Waals surface area contributed by atoms with Gasteiger partial charge in [0.25, 0.3) is 5.91 Å². The molecule has 1 atom stereocenters. The highest BCUT2D eigenvalue weighted by Gasteiger charge is 2.29. The van der Waals surface area contributed by atoms with Crippen LogP contribution in [-0.4, -0.2) is 40.8 Å². The zero-order valence-corrected chi connectivity index (χ0v) is 14.3. The van der Waals surface area contributed by atoms with E-state index in [4.69, 9.17) is 4.74 Å². The first-order valence-corrected chi connectivity index (χ1v) is 8.87. The van der Waals surface area contributed by atoms with E-state index in [0.717, 1.165) is 27.1 Å². The second-order valence-electron chi connectivity index (χ2n) is 6.04. The van der Waals surface area contributed by atoms with E-state index in [9.17, 15) is 4.79 Å². The van der Waals surface area contributed by atoms with Crippen molar-refractivity contribution in [1.29, 1.82) is 0 Å². The van der Waals surface area contributed by atoms with Crippen LogP contribution in [0.25, 0.3) is 10.1 Å². The Labute approximate surface area is 144 Å². The van der Waals surface area contributed by atoms with Crippen molar-refractivity contribution >= 4 is 27.3 Å². The average Bonchev–Trinajstić information content (AvgIpc) is 3.25. The summed E-state index contributed by atoms with van der Waals surface area (Å²) in [4.78, 5) is 15.7. The topological polar surface area (TPSA) is 47.4 Å². The van der Waals surface area contributed by atoms with Crippen LogP contribution in [0, 0.1) is 0 Å². The normalized spacial score (nSPS) is 17.2. The van der Waals surface area contributed by atoms with Crippen LogP contribution in [0.5, 0.6) is 0 Å². The molecule has 1 aliphatic heterocycles. The highest BCUT2D eigenvalue weighted by Crippen LogP contribution is 2.29. The maximum atomic E-state index is 13.0. The Morgan fingerprint density at radius 1 is 1.38 bits per heavy atom. The molecule has 3 heterocycles. The maximum absolute atomic E-state index is 13.0. The lowest BCUT2D eigenvalue weighted by Gasteiger charge is -2.33. The summed E-state index contributed by atoms with van der Waals surface area (Å²) >= 11 is 1.56. The van der Waals surface area contributed by atoms with Gasteiger partial charge in [0.1, 0.15) is 0 Å². The van der Waals surface area contributed by atoms with Gasteiger partial charge in [-0.05, 0) is 30.0 Å². The molecule has 4 rings (SSSR count). The van der Waals surface area contributed by atoms with Crippen molar-refractivity contribution in [1.82, 2.24) is 14.7 Å². The van der Waals surface area contributed by atoms with E-state index in [0.29, 0.717) is 19.7 Å². The van der Waals surface area contributed by atoms with E-state index in [1.165, 1.54) is 0 Å². The average molecular weight is 341 g/mol. The van der Waals surface area contributed by atoms with Crippen molar-refractivity contribution in [3.05, 3.63) is 53.2 Å². The minimum atomic E-state index is 0.103. The molecule has 1 aliphatic rings. The lowest BCUT2D eigenvalue weighted by atomic mass is 10.1. The molecule has 0 N–H and O–H groups in total. The lowest BCUT2D eigenvalue weighted by molar-refractivity contribution is 0.0646. The van der Waals surface area contributed by atoms with E-state index in [1.807, 2.05) is 40.0 Å². The first kappa shape index (κ1) is 15.4. The minimum Gasteiger partial charge on any atom is -0.385 e. The third-order valence-electron chi connectivity index (χ3n) is 4.46. The number of rotatable bonds is 4. The monoisotopic (exact) mass is 341 g/mol. The van der Waals surface area contributed by atoms with Gasteiger partial charge in [-0.25, -0.2) is 0 Å². The summed E-state index contributed by atoms with van der Waals surface area (Å²) < 4.78 is 8.40. The van der Waals surface area contributed by atoms with Gasteiger partial charge >= 0.3 is 0 Å². The third-order valence-corrected chi connectivity index (χ3v) is 5.56. The van der Waals surface area contributed by atoms with Gasteiger partial charge in [-0.3, -0.25) is 9.48 Å². The zero-order valence-electron chi connectivity index (χ0n) is 13.5. The molecule has 0 saturated heterocycles. The molecule has 0 aliphatic carbocycles. The Balaban J connectivity index is 1.60. The molecule has 24 heavy (non-hydrogen) atoms. The molecular weight excluding hydrogens is 322 g/mol. The van der Waals surface area contributed by atoms with Gasteiger partial charge in [-0.1, -0.05) is 18.2 Å². The van der Waals surface area contributed by atoms with E-state index >= 15 is 0 Å². The summed E-state index contributed by atoms with van der Waals surface area (Å²) in [6.07, 6.45) is 2.66. The number of methoxy groups -OCH3 is 1. The molecule has 3 aromatic rings. The Kier molecular flexibility index (Phi) is 4.08. The molecule has 5 nitrogen and oxygen atoms in total. The summed E-state index contributed by atoms with van der Waals surface area (Å²) in [5, 5.41) is 5.55. The lowest BCUT2D eigenvalue weighted by Crippen LogP contribution is -2.41. The molecule has 0 saturated carbocycles. The molecule has 1 amide bonds. The van der Waals surface area contributed by atoms with Crippen molar-refractivity contribution in [3.8, 4) is 0 Å². The van der Waals surface area contributed by atoms with E-state index in [1.54, 1.807) is 18.4 Å². The van der Waals surface area contributed by atoms with E-state index in [-0.39, 0.29) is 11.9 Å². The number of carbonyl (C=O) groups is 1. The molecule has 0 unspecified atom stereocenters. The van der Waals surface area contributed by atoms with Crippen LogP contribution < -0.4 is 0 Å². The van der Waals surface area contributed by atoms with Gasteiger partial charge in [0, 0.05) is 31.2 Å². The largest absolute Gasteiger partial charge is 0.385 e. The van der Waals surface area contributed by atoms with Gasteiger partial charge in [0.05, 0.1) is 23.2 Å². The van der Waals surface area contributed by atoms with Crippen molar-refractivity contribution in [2.75, 3.05) is 20.3 Å². The number of amides is 1. The highest BCUT2D eigenvalue weighted by atomic mass is 32.1. The Bertz CT molecular complexity index is 837. The Morgan fingerprint density at radius 3 is 3.08 bits per heavy atom. The third kappa shape index (κ3) is 2.72. The van der Waals surface area contributed by atoms with Crippen LogP contribution >= 0.6 is 11.3 Å². The highest BCUT2D eigenvalue weighted by molar-refractivity contribution is 7.20. The number of nitrogens with zero attached hydrogens (tertiary/aromatic N) is 3. The molecule has 2 aromatic heterocycles. The standard InChI is InChI=1S/C18H19N3O2S/c1-23-9-7-15-12-20(11-14-6-8-19-21(14)15)18(22)17-10-13-4-2-3-5-16(13)24-17/h2-6,8,10,15H,7,9,11-12H2,1H3/t15-/m0/s1. The van der Waals surface area contributed by atoms with Gasteiger partial charge in [-0.2, -0.15) is 5.10 Å². The molecule has 0 fully saturated rings. The number of carbonyl (C=O) groups excluding carboxylic acids is 1. The minimum absolute atomic E-state index is 0.103. The van der Waals surface area contributed by atoms with Crippen molar-refractivity contribution in [2.45, 2.75) is 19.0 Å². The van der Waals surface area contributed by atoms with Gasteiger partial charge in [0.2, 0.25) is 0 Å². The van der Waals surface area contributed by atoms with Gasteiger partial charge in [-0.15, -0.1) is 11.3 Å². The predicted octanol–water partition coefficient (Wildman–Crippen LogP) is 3.33. The van der Waals surface area contributed by atoms with Gasteiger partial charge in [0.15, 0.2) is 0 Å². The van der Waals surface area contributed by atoms with Crippen LogP contribution in [-0.2, 0) is 11.3 Å². The molecule has 124 valence electrons. The Hall–Kier alpha value is -2.18. The fraction of sp³-hybridized carbons (Fsp3) is 0.333. The van der Waals surface area contributed by atoms with E-state index in [2.05, 4.69) is 17.2 Å². The van der Waals surface area contributed by atoms with Crippen LogP contribution in [0.4, 0.5) is 0 Å². The molecule has 0 spiro atoms. The smallest absolute Gasteiger partial charge is 0.264 e. The summed E-state index contributed by atoms with van der Waals surface area (Å²) in [5.74, 6) is 0.103. The quantitative estimate of drug-likeness (QED) is 0.731. The summed E-state index contributed by atoms with van der Waals surface area (Å²) in [6.45, 7) is 1.94. The second-order valence-corrected chi connectivity index (χ2v) is 7.12. The second kappa shape index (κ2) is 6.37. The summed E-state index contributed by atoms with van der Waals surface area (Å²) in [6, 6.07) is 12.3. The molecule has 0 radical (unpaired) electrons. The summed E-state index contributed by atoms with van der Waals surface area (Å²) in [7, 11) is 1.70. The number of hydrogen-bond acceptors (Lipinski definition) is 4. The van der Waals surface area contributed by atoms with Crippen molar-refractivity contribution < 1.29 is 9.53 Å². The van der Waals surface area contributed by atoms with E-state index < -0.39 is 0 Å². The first-order valence-electron chi connectivity index (χ1n) is 8.05. The van der Waals surface area contributed by atoms with Crippen LogP contribution in [0.3, 0.4) is 0 Å². The number of thiophene rings is 1. The van der Waals surface area contributed by atoms with Crippen LogP contribution in [0.2, 0.25) is 0 Å². The molecule has 1 aromatic carbocycles. The SMILES string of the molecule is COCC[C@H]1CN(C(=O)c2cc3ccccc3s2)Cc2ccnn21. The maximum Gasteiger partial charge on any atom is 0.264 e. The number of aromatic nitrogens is 2. The first-order chi connectivity index (χ1) is 11.8. The number of fused-ring (bicyclic) bond motifs is 2. The zero-order chi connectivity index (χ0) is 16.5. The van der Waals surface area contributed by atoms with Crippen LogP contribution in [0.1, 0.15) is 27.8 Å². The number of benzene rings is 1. The van der Waals surface area contributed by atoms with Crippen molar-refractivity contribution in [3.63, 3.8) is 0 Å². The predicted molar refractivity (Wildman–Crippen MR) is 94.3 cm³/mol. The Morgan fingerprint density at radius 2 is 2.25 bits per heavy atom. The number of ether oxygens (including phenoxy) is 1. The van der Waals surface area contributed by atoms with Gasteiger partial charge < -0.3 is 9.64 Å². The van der Waals surface area contributed by atoms with Crippen molar-refractivity contribution in [2.24, 2.45) is 0 Å². The fourth-order valence-electron chi connectivity index (χ4n) is 3.25. The molecule has 0 bridgehead atoms.